The molecular weight excluding hydrogens is 312 g/mol. The Balaban J connectivity index is 1.45. The van der Waals surface area contributed by atoms with Crippen LogP contribution in [0.4, 0.5) is 11.6 Å². The average molecular weight is 330 g/mol. The molecule has 124 valence electrons. The van der Waals surface area contributed by atoms with E-state index in [4.69, 9.17) is 0 Å². The van der Waals surface area contributed by atoms with Crippen molar-refractivity contribution in [3.63, 3.8) is 0 Å². The summed E-state index contributed by atoms with van der Waals surface area (Å²) in [5, 5.41) is 11.2. The van der Waals surface area contributed by atoms with E-state index < -0.39 is 0 Å². The molecule has 1 aliphatic rings. The molecule has 0 spiro atoms. The van der Waals surface area contributed by atoms with Crippen LogP contribution >= 0.6 is 0 Å². The molecule has 0 fully saturated rings. The normalized spacial score (nSPS) is 13.2. The highest BCUT2D eigenvalue weighted by molar-refractivity contribution is 6.03. The van der Waals surface area contributed by atoms with Crippen molar-refractivity contribution in [2.24, 2.45) is 0 Å². The van der Waals surface area contributed by atoms with Crippen LogP contribution in [0.5, 0.6) is 0 Å². The van der Waals surface area contributed by atoms with Gasteiger partial charge in [-0.3, -0.25) is 4.79 Å². The second-order valence-electron chi connectivity index (χ2n) is 6.04. The van der Waals surface area contributed by atoms with E-state index in [-0.39, 0.29) is 5.91 Å². The number of fused-ring (bicyclic) bond motifs is 1. The number of carbonyl (C=O) groups is 1. The van der Waals surface area contributed by atoms with E-state index in [1.807, 2.05) is 24.3 Å². The van der Waals surface area contributed by atoms with Crippen molar-refractivity contribution >= 4 is 17.5 Å². The molecular formula is C20H18N4O. The lowest BCUT2D eigenvalue weighted by Crippen LogP contribution is -2.31. The third-order valence-electron chi connectivity index (χ3n) is 4.38. The number of hydrogen-bond donors (Lipinski definition) is 1. The summed E-state index contributed by atoms with van der Waals surface area (Å²) < 4.78 is 0. The van der Waals surface area contributed by atoms with Gasteiger partial charge in [-0.05, 0) is 41.8 Å². The first kappa shape index (κ1) is 15.3. The van der Waals surface area contributed by atoms with Crippen molar-refractivity contribution in [1.29, 1.82) is 0 Å². The molecule has 2 aromatic carbocycles. The molecule has 2 heterocycles. The van der Waals surface area contributed by atoms with E-state index in [2.05, 4.69) is 44.7 Å². The van der Waals surface area contributed by atoms with Crippen LogP contribution in [0.15, 0.2) is 66.7 Å². The van der Waals surface area contributed by atoms with Gasteiger partial charge in [-0.1, -0.05) is 42.5 Å². The summed E-state index contributed by atoms with van der Waals surface area (Å²) in [5.74, 6) is 1.09. The van der Waals surface area contributed by atoms with Crippen LogP contribution in [0.3, 0.4) is 0 Å². The van der Waals surface area contributed by atoms with Crippen molar-refractivity contribution in [3.05, 3.63) is 83.4 Å². The summed E-state index contributed by atoms with van der Waals surface area (Å²) >= 11 is 0. The summed E-state index contributed by atoms with van der Waals surface area (Å²) in [6.45, 7) is 1.75. The largest absolute Gasteiger partial charge is 0.350 e. The van der Waals surface area contributed by atoms with Gasteiger partial charge in [0.25, 0.3) is 5.91 Å². The molecule has 0 atom stereocenters. The molecule has 3 aromatic rings. The Labute approximate surface area is 146 Å². The summed E-state index contributed by atoms with van der Waals surface area (Å²) in [6, 6.07) is 21.3. The van der Waals surface area contributed by atoms with Crippen molar-refractivity contribution in [2.45, 2.75) is 13.0 Å². The highest BCUT2D eigenvalue weighted by Crippen LogP contribution is 2.23. The monoisotopic (exact) mass is 330 g/mol. The molecule has 1 amide bonds. The Morgan fingerprint density at radius 3 is 2.40 bits per heavy atom. The lowest BCUT2D eigenvalue weighted by atomic mass is 10.00. The second-order valence-corrected chi connectivity index (χ2v) is 6.04. The lowest BCUT2D eigenvalue weighted by Gasteiger charge is -2.29. The fraction of sp³-hybridized carbons (Fsp3) is 0.150. The molecule has 4 rings (SSSR count). The zero-order valence-electron chi connectivity index (χ0n) is 13.7. The van der Waals surface area contributed by atoms with Crippen LogP contribution in [0.2, 0.25) is 0 Å². The Kier molecular flexibility index (Phi) is 4.12. The summed E-state index contributed by atoms with van der Waals surface area (Å²) in [5.41, 5.74) is 3.33. The van der Waals surface area contributed by atoms with Gasteiger partial charge < -0.3 is 10.2 Å². The molecule has 1 N–H and O–H groups in total. The highest BCUT2D eigenvalue weighted by atomic mass is 16.1. The molecule has 0 unspecified atom stereocenters. The Bertz CT molecular complexity index is 878. The van der Waals surface area contributed by atoms with Crippen molar-refractivity contribution < 1.29 is 4.79 Å². The number of benzene rings is 2. The number of rotatable bonds is 3. The molecule has 0 bridgehead atoms. The minimum atomic E-state index is -0.186. The van der Waals surface area contributed by atoms with Crippen LogP contribution in [-0.2, 0) is 13.0 Å². The molecule has 5 heteroatoms. The number of amides is 1. The van der Waals surface area contributed by atoms with E-state index in [9.17, 15) is 4.79 Å². The van der Waals surface area contributed by atoms with Gasteiger partial charge in [-0.25, -0.2) is 0 Å². The van der Waals surface area contributed by atoms with Crippen molar-refractivity contribution in [3.8, 4) is 0 Å². The SMILES string of the molecule is O=C(Nc1ccc(N2CCc3ccccc3C2)nn1)c1ccccc1. The zero-order valence-corrected chi connectivity index (χ0v) is 13.7. The van der Waals surface area contributed by atoms with Gasteiger partial charge in [-0.15, -0.1) is 10.2 Å². The molecule has 0 radical (unpaired) electrons. The Morgan fingerprint density at radius 2 is 1.64 bits per heavy atom. The van der Waals surface area contributed by atoms with Gasteiger partial charge in [0.15, 0.2) is 11.6 Å². The number of hydrogen-bond acceptors (Lipinski definition) is 4. The Morgan fingerprint density at radius 1 is 0.880 bits per heavy atom. The first-order valence-electron chi connectivity index (χ1n) is 8.31. The smallest absolute Gasteiger partial charge is 0.256 e. The van der Waals surface area contributed by atoms with E-state index in [0.717, 1.165) is 25.3 Å². The van der Waals surface area contributed by atoms with Crippen molar-refractivity contribution in [1.82, 2.24) is 10.2 Å². The molecule has 1 aromatic heterocycles. The minimum absolute atomic E-state index is 0.186. The van der Waals surface area contributed by atoms with Gasteiger partial charge in [-0.2, -0.15) is 0 Å². The standard InChI is InChI=1S/C20H18N4O/c25-20(16-7-2-1-3-8-16)21-18-10-11-19(23-22-18)24-13-12-15-6-4-5-9-17(15)14-24/h1-11H,12-14H2,(H,21,22,25). The van der Waals surface area contributed by atoms with Crippen LogP contribution in [0.1, 0.15) is 21.5 Å². The van der Waals surface area contributed by atoms with Gasteiger partial charge in [0.05, 0.1) is 0 Å². The summed E-state index contributed by atoms with van der Waals surface area (Å²) in [7, 11) is 0. The first-order valence-corrected chi connectivity index (χ1v) is 8.31. The van der Waals surface area contributed by atoms with E-state index >= 15 is 0 Å². The maximum atomic E-state index is 12.1. The minimum Gasteiger partial charge on any atom is -0.350 e. The molecule has 0 saturated heterocycles. The summed E-state index contributed by atoms with van der Waals surface area (Å²) in [4.78, 5) is 14.4. The van der Waals surface area contributed by atoms with Crippen molar-refractivity contribution in [2.75, 3.05) is 16.8 Å². The third kappa shape index (κ3) is 3.35. The molecule has 25 heavy (non-hydrogen) atoms. The topological polar surface area (TPSA) is 58.1 Å². The molecule has 0 saturated carbocycles. The van der Waals surface area contributed by atoms with Gasteiger partial charge in [0, 0.05) is 18.7 Å². The van der Waals surface area contributed by atoms with Crippen LogP contribution < -0.4 is 10.2 Å². The number of nitrogens with zero attached hydrogens (tertiary/aromatic N) is 3. The highest BCUT2D eigenvalue weighted by Gasteiger charge is 2.17. The quantitative estimate of drug-likeness (QED) is 0.800. The van der Waals surface area contributed by atoms with E-state index in [0.29, 0.717) is 11.4 Å². The van der Waals surface area contributed by atoms with Crippen LogP contribution in [-0.4, -0.2) is 22.6 Å². The average Bonchev–Trinajstić information content (AvgIpc) is 2.69. The third-order valence-corrected chi connectivity index (χ3v) is 4.38. The predicted octanol–water partition coefficient (Wildman–Crippen LogP) is 3.29. The first-order chi connectivity index (χ1) is 12.3. The maximum Gasteiger partial charge on any atom is 0.256 e. The van der Waals surface area contributed by atoms with Gasteiger partial charge in [0.1, 0.15) is 0 Å². The second kappa shape index (κ2) is 6.73. The molecule has 0 aliphatic carbocycles. The van der Waals surface area contributed by atoms with E-state index in [1.165, 1.54) is 11.1 Å². The molecule has 1 aliphatic heterocycles. The maximum absolute atomic E-state index is 12.1. The van der Waals surface area contributed by atoms with E-state index in [1.54, 1.807) is 18.2 Å². The number of carbonyl (C=O) groups excluding carboxylic acids is 1. The number of anilines is 2. The molecule has 5 nitrogen and oxygen atoms in total. The fourth-order valence-corrected chi connectivity index (χ4v) is 3.03. The Hall–Kier alpha value is -3.21. The lowest BCUT2D eigenvalue weighted by molar-refractivity contribution is 0.102. The fourth-order valence-electron chi connectivity index (χ4n) is 3.03. The number of aromatic nitrogens is 2. The van der Waals surface area contributed by atoms with Crippen LogP contribution in [0, 0.1) is 0 Å². The van der Waals surface area contributed by atoms with Crippen LogP contribution in [0.25, 0.3) is 0 Å². The van der Waals surface area contributed by atoms with Gasteiger partial charge >= 0.3 is 0 Å². The number of nitrogens with one attached hydrogen (secondary N) is 1. The van der Waals surface area contributed by atoms with Gasteiger partial charge in [0.2, 0.25) is 0 Å². The zero-order chi connectivity index (χ0) is 17.1. The predicted molar refractivity (Wildman–Crippen MR) is 97.6 cm³/mol. The summed E-state index contributed by atoms with van der Waals surface area (Å²) in [6.07, 6.45) is 1.00.